The Labute approximate surface area is 423 Å². The first-order chi connectivity index (χ1) is 35.4. The predicted octanol–water partition coefficient (Wildman–Crippen LogP) is 5.95. The van der Waals surface area contributed by atoms with Crippen LogP contribution in [0.25, 0.3) is 32.9 Å². The van der Waals surface area contributed by atoms with Crippen molar-refractivity contribution in [2.24, 2.45) is 16.7 Å². The van der Waals surface area contributed by atoms with Gasteiger partial charge in [0.25, 0.3) is 5.91 Å². The maximum absolute atomic E-state index is 17.2. The molecule has 17 heteroatoms. The maximum Gasteiger partial charge on any atom is 0.319 e. The molecule has 8 heterocycles. The number of piperidine rings is 2. The van der Waals surface area contributed by atoms with Crippen molar-refractivity contribution < 1.29 is 33.4 Å². The molecule has 2 aliphatic carbocycles. The second kappa shape index (κ2) is 17.9. The fourth-order valence-corrected chi connectivity index (χ4v) is 13.6. The van der Waals surface area contributed by atoms with E-state index >= 15 is 4.39 Å². The van der Waals surface area contributed by atoms with Gasteiger partial charge in [-0.2, -0.15) is 9.97 Å². The average molecular weight is 991 g/mol. The third kappa shape index (κ3) is 8.39. The Hall–Kier alpha value is -6.46. The Morgan fingerprint density at radius 2 is 1.67 bits per heavy atom. The standard InChI is InChI=1S/C56H63FN10O6/c1-2-33-4-3-5-34-23-40(68)24-42(46(33)34)48-47(57)49-43(27-58-48)50(66-29-37-6-7-38(30-66)59-37)62-54(61-49)73-32-56(12-13-56)31-63-16-14-55(15-17-63)25-36(26-55)52(71)65-20-18-64(19-21-65)39-8-9-41-35(22-39)28-67(53(41)72)44-10-11-45(69)60-51(44)70/h3-5,8-9,22-24,27,36-38,44,59,68H,2,6-7,10-21,25-26,28-32H2,1H3,(H,60,69,70)/t37?,38?,44-/m0/s1. The quantitative estimate of drug-likeness (QED) is 0.133. The van der Waals surface area contributed by atoms with Crippen molar-refractivity contribution in [3.05, 3.63) is 77.2 Å². The van der Waals surface area contributed by atoms with Crippen LogP contribution in [-0.2, 0) is 27.3 Å². The number of likely N-dealkylation sites (tertiary alicyclic amines) is 1. The van der Waals surface area contributed by atoms with Crippen molar-refractivity contribution in [1.29, 1.82) is 0 Å². The van der Waals surface area contributed by atoms with E-state index in [2.05, 4.69) is 32.3 Å². The third-order valence-corrected chi connectivity index (χ3v) is 18.0. The van der Waals surface area contributed by atoms with E-state index in [1.54, 1.807) is 23.2 Å². The second-order valence-electron chi connectivity index (χ2n) is 22.6. The van der Waals surface area contributed by atoms with Gasteiger partial charge >= 0.3 is 6.01 Å². The molecule has 2 saturated carbocycles. The molecule has 3 N–H and O–H groups in total. The van der Waals surface area contributed by atoms with Crippen molar-refractivity contribution in [2.75, 3.05) is 75.3 Å². The van der Waals surface area contributed by atoms with Crippen LogP contribution in [0.3, 0.4) is 0 Å². The van der Waals surface area contributed by atoms with Crippen LogP contribution in [0.4, 0.5) is 15.9 Å². The molecule has 2 aromatic heterocycles. The number of rotatable bonds is 11. The number of amides is 4. The number of anilines is 2. The normalized spacial score (nSPS) is 24.6. The third-order valence-electron chi connectivity index (χ3n) is 18.0. The Morgan fingerprint density at radius 1 is 0.890 bits per heavy atom. The lowest BCUT2D eigenvalue weighted by atomic mass is 9.57. The highest BCUT2D eigenvalue weighted by Crippen LogP contribution is 2.54. The zero-order valence-electron chi connectivity index (χ0n) is 41.5. The summed E-state index contributed by atoms with van der Waals surface area (Å²) in [7, 11) is 0. The number of ether oxygens (including phenoxy) is 1. The van der Waals surface area contributed by atoms with Gasteiger partial charge in [0.15, 0.2) is 5.82 Å². The minimum Gasteiger partial charge on any atom is -0.508 e. The number of nitrogens with zero attached hydrogens (tertiary/aromatic N) is 8. The zero-order valence-corrected chi connectivity index (χ0v) is 41.5. The van der Waals surface area contributed by atoms with Gasteiger partial charge in [0, 0.05) is 105 Å². The summed E-state index contributed by atoms with van der Waals surface area (Å²) in [5, 5.41) is 19.1. The molecule has 380 valence electrons. The molecule has 13 rings (SSSR count). The van der Waals surface area contributed by atoms with Crippen LogP contribution < -0.4 is 25.2 Å². The summed E-state index contributed by atoms with van der Waals surface area (Å²) in [4.78, 5) is 76.6. The summed E-state index contributed by atoms with van der Waals surface area (Å²) in [5.74, 6) is -0.396. The number of phenols is 1. The number of halogens is 1. The Bertz CT molecular complexity index is 3070. The van der Waals surface area contributed by atoms with Gasteiger partial charge in [-0.25, -0.2) is 4.39 Å². The smallest absolute Gasteiger partial charge is 0.319 e. The number of imide groups is 1. The molecular weight excluding hydrogens is 928 g/mol. The summed E-state index contributed by atoms with van der Waals surface area (Å²) in [6.07, 6.45) is 11.3. The number of pyridine rings is 1. The molecule has 73 heavy (non-hydrogen) atoms. The van der Waals surface area contributed by atoms with Crippen LogP contribution in [0.15, 0.2) is 54.7 Å². The van der Waals surface area contributed by atoms with Gasteiger partial charge in [-0.3, -0.25) is 29.5 Å². The van der Waals surface area contributed by atoms with Crippen LogP contribution in [0.5, 0.6) is 11.8 Å². The van der Waals surface area contributed by atoms with E-state index in [1.165, 1.54) is 0 Å². The molecule has 7 fully saturated rings. The van der Waals surface area contributed by atoms with E-state index < -0.39 is 17.8 Å². The van der Waals surface area contributed by atoms with Gasteiger partial charge in [0.1, 0.15) is 28.8 Å². The second-order valence-corrected chi connectivity index (χ2v) is 22.6. The van der Waals surface area contributed by atoms with Crippen LogP contribution in [0, 0.1) is 22.6 Å². The lowest BCUT2D eigenvalue weighted by molar-refractivity contribution is -0.146. The first-order valence-corrected chi connectivity index (χ1v) is 26.7. The monoisotopic (exact) mass is 990 g/mol. The first-order valence-electron chi connectivity index (χ1n) is 26.7. The maximum atomic E-state index is 17.2. The van der Waals surface area contributed by atoms with Gasteiger partial charge in [-0.1, -0.05) is 25.1 Å². The van der Waals surface area contributed by atoms with Crippen molar-refractivity contribution in [3.63, 3.8) is 0 Å². The Kier molecular flexibility index (Phi) is 11.4. The first kappa shape index (κ1) is 46.3. The molecule has 1 spiro atoms. The number of benzene rings is 3. The summed E-state index contributed by atoms with van der Waals surface area (Å²) in [6, 6.07) is 15.3. The number of piperazine rings is 2. The van der Waals surface area contributed by atoms with Crippen LogP contribution in [0.1, 0.15) is 92.6 Å². The highest BCUT2D eigenvalue weighted by molar-refractivity contribution is 6.06. The van der Waals surface area contributed by atoms with E-state index in [0.29, 0.717) is 80.2 Å². The summed E-state index contributed by atoms with van der Waals surface area (Å²) in [6.45, 7) is 10.0. The van der Waals surface area contributed by atoms with E-state index in [1.807, 2.05) is 41.3 Å². The lowest BCUT2D eigenvalue weighted by Crippen LogP contribution is -2.55. The molecule has 16 nitrogen and oxygen atoms in total. The van der Waals surface area contributed by atoms with Gasteiger partial charge in [0.2, 0.25) is 17.7 Å². The highest BCUT2D eigenvalue weighted by atomic mass is 19.1. The number of carbonyl (C=O) groups excluding carboxylic acids is 4. The number of phenolic OH excluding ortho intramolecular Hbond substituents is 1. The van der Waals surface area contributed by atoms with E-state index in [-0.39, 0.29) is 63.9 Å². The average Bonchev–Trinajstić information content (AvgIpc) is 3.97. The molecule has 0 radical (unpaired) electrons. The topological polar surface area (TPSA) is 177 Å². The molecule has 4 amide bonds. The molecule has 3 atom stereocenters. The van der Waals surface area contributed by atoms with Gasteiger partial charge in [-0.05, 0) is 135 Å². The summed E-state index contributed by atoms with van der Waals surface area (Å²) >= 11 is 0. The number of hydrogen-bond acceptors (Lipinski definition) is 13. The Morgan fingerprint density at radius 3 is 2.41 bits per heavy atom. The van der Waals surface area contributed by atoms with E-state index in [9.17, 15) is 24.3 Å². The summed E-state index contributed by atoms with van der Waals surface area (Å²) < 4.78 is 23.8. The number of aryl methyl sites for hydroxylation is 1. The van der Waals surface area contributed by atoms with Gasteiger partial charge < -0.3 is 39.7 Å². The lowest BCUT2D eigenvalue weighted by Gasteiger charge is -2.53. The Balaban J connectivity index is 0.630. The number of aromatic hydroxyl groups is 1. The van der Waals surface area contributed by atoms with Crippen molar-refractivity contribution in [1.82, 2.24) is 40.3 Å². The molecular formula is C56H63FN10O6. The minimum absolute atomic E-state index is 0.0241. The molecule has 6 aliphatic heterocycles. The minimum atomic E-state index is -0.639. The summed E-state index contributed by atoms with van der Waals surface area (Å²) in [5.41, 5.74) is 4.59. The van der Waals surface area contributed by atoms with E-state index in [4.69, 9.17) is 19.7 Å². The van der Waals surface area contributed by atoms with Crippen LogP contribution in [-0.4, -0.2) is 142 Å². The number of nitrogens with one attached hydrogen (secondary N) is 2. The molecule has 2 unspecified atom stereocenters. The molecule has 3 aromatic carbocycles. The molecule has 5 saturated heterocycles. The van der Waals surface area contributed by atoms with Crippen LogP contribution in [0.2, 0.25) is 0 Å². The van der Waals surface area contributed by atoms with E-state index in [0.717, 1.165) is 118 Å². The SMILES string of the molecule is CCc1cccc2cc(O)cc(-c3ncc4c(N5CC6CCC(C5)N6)nc(OCC5(CN6CCC7(CC6)CC(C(=O)N6CCN(c8ccc9c(c8)CN([C@H]8CCC(=O)NC8=O)C9=O)CC6)C7)CC5)nc4c3F)c12. The molecule has 5 aromatic rings. The van der Waals surface area contributed by atoms with Crippen LogP contribution >= 0.6 is 0 Å². The fourth-order valence-electron chi connectivity index (χ4n) is 13.6. The number of carbonyl (C=O) groups is 4. The number of aromatic nitrogens is 3. The van der Waals surface area contributed by atoms with Crippen molar-refractivity contribution in [2.45, 2.75) is 102 Å². The highest BCUT2D eigenvalue weighted by Gasteiger charge is 2.52. The molecule has 2 bridgehead atoms. The van der Waals surface area contributed by atoms with Crippen molar-refractivity contribution >= 4 is 56.8 Å². The van der Waals surface area contributed by atoms with Gasteiger partial charge in [-0.15, -0.1) is 0 Å². The molecule has 8 aliphatic rings. The van der Waals surface area contributed by atoms with Gasteiger partial charge in [0.05, 0.1) is 12.0 Å². The number of fused-ring (bicyclic) bond motifs is 5. The largest absolute Gasteiger partial charge is 0.508 e. The number of hydrogen-bond donors (Lipinski definition) is 3. The predicted molar refractivity (Wildman–Crippen MR) is 273 cm³/mol. The fraction of sp³-hybridized carbons (Fsp3) is 0.518. The zero-order chi connectivity index (χ0) is 49.8. The van der Waals surface area contributed by atoms with Crippen molar-refractivity contribution in [3.8, 4) is 23.0 Å².